The second-order valence-corrected chi connectivity index (χ2v) is 8.86. The summed E-state index contributed by atoms with van der Waals surface area (Å²) in [5, 5.41) is -0.233. The van der Waals surface area contributed by atoms with E-state index in [1.807, 2.05) is 31.2 Å². The Morgan fingerprint density at radius 2 is 2.10 bits per heavy atom. The van der Waals surface area contributed by atoms with Crippen LogP contribution < -0.4 is 10.5 Å². The molecule has 2 atom stereocenters. The number of thioether (sulfide) groups is 1. The zero-order chi connectivity index (χ0) is 21.3. The lowest BCUT2D eigenvalue weighted by atomic mass is 10.0. The molecule has 2 aromatic rings. The predicted octanol–water partition coefficient (Wildman–Crippen LogP) is 2.71. The van der Waals surface area contributed by atoms with Crippen molar-refractivity contribution in [3.63, 3.8) is 0 Å². The molecule has 3 heterocycles. The summed E-state index contributed by atoms with van der Waals surface area (Å²) in [4.78, 5) is 32.1. The van der Waals surface area contributed by atoms with Gasteiger partial charge in [0.1, 0.15) is 29.5 Å². The molecule has 0 radical (unpaired) electrons. The number of amides is 1. The molecule has 156 valence electrons. The highest BCUT2D eigenvalue weighted by Gasteiger charge is 2.51. The molecule has 9 heteroatoms. The number of ether oxygens (including phenoxy) is 2. The number of thiazole rings is 1. The van der Waals surface area contributed by atoms with Gasteiger partial charge in [0.2, 0.25) is 5.91 Å². The van der Waals surface area contributed by atoms with Gasteiger partial charge in [-0.25, -0.2) is 9.78 Å². The number of benzene rings is 1. The van der Waals surface area contributed by atoms with E-state index in [0.29, 0.717) is 5.75 Å². The number of esters is 1. The minimum atomic E-state index is -0.589. The van der Waals surface area contributed by atoms with Crippen LogP contribution in [0.4, 0.5) is 0 Å². The largest absolute Gasteiger partial charge is 0.497 e. The van der Waals surface area contributed by atoms with Crippen LogP contribution in [0.15, 0.2) is 47.1 Å². The van der Waals surface area contributed by atoms with Crippen molar-refractivity contribution in [2.45, 2.75) is 24.9 Å². The lowest BCUT2D eigenvalue weighted by Gasteiger charge is -2.48. The van der Waals surface area contributed by atoms with Crippen LogP contribution in [0.1, 0.15) is 16.1 Å². The van der Waals surface area contributed by atoms with Gasteiger partial charge < -0.3 is 15.2 Å². The molecule has 1 unspecified atom stereocenters. The third-order valence-electron chi connectivity index (χ3n) is 4.98. The third-order valence-corrected chi connectivity index (χ3v) is 7.20. The van der Waals surface area contributed by atoms with E-state index in [4.69, 9.17) is 15.2 Å². The third kappa shape index (κ3) is 3.88. The van der Waals surface area contributed by atoms with Crippen LogP contribution in [-0.4, -0.2) is 46.0 Å². The Hall–Kier alpha value is -2.62. The van der Waals surface area contributed by atoms with Gasteiger partial charge in [-0.15, -0.1) is 23.1 Å². The van der Waals surface area contributed by atoms with Crippen LogP contribution in [0.5, 0.6) is 5.75 Å². The summed E-state index contributed by atoms with van der Waals surface area (Å²) >= 11 is 3.07. The van der Waals surface area contributed by atoms with E-state index in [1.54, 1.807) is 36.5 Å². The molecule has 7 nitrogen and oxygen atoms in total. The number of fused-ring (bicyclic) bond motifs is 1. The number of carbonyl (C=O) groups excluding carboxylic acids is 2. The van der Waals surface area contributed by atoms with Gasteiger partial charge in [-0.2, -0.15) is 0 Å². The van der Waals surface area contributed by atoms with Crippen LogP contribution in [0, 0.1) is 6.92 Å². The number of allylic oxidation sites excluding steroid dienone is 1. The zero-order valence-electron chi connectivity index (χ0n) is 16.5. The fourth-order valence-corrected chi connectivity index (χ4v) is 5.20. The van der Waals surface area contributed by atoms with E-state index < -0.39 is 12.0 Å². The van der Waals surface area contributed by atoms with Crippen molar-refractivity contribution in [3.8, 4) is 5.75 Å². The first kappa shape index (κ1) is 20.6. The Morgan fingerprint density at radius 3 is 2.77 bits per heavy atom. The molecule has 0 saturated carbocycles. The maximum atomic E-state index is 13.0. The predicted molar refractivity (Wildman–Crippen MR) is 117 cm³/mol. The number of nitrogens with two attached hydrogens (primary N) is 1. The Kier molecular flexibility index (Phi) is 5.94. The molecule has 1 aromatic heterocycles. The van der Waals surface area contributed by atoms with E-state index in [2.05, 4.69) is 4.98 Å². The minimum absolute atomic E-state index is 0.100. The highest BCUT2D eigenvalue weighted by atomic mass is 32.2. The van der Waals surface area contributed by atoms with Gasteiger partial charge in [-0.3, -0.25) is 9.69 Å². The first-order valence-corrected chi connectivity index (χ1v) is 11.2. The van der Waals surface area contributed by atoms with Crippen molar-refractivity contribution in [1.82, 2.24) is 9.88 Å². The summed E-state index contributed by atoms with van der Waals surface area (Å²) in [6.45, 7) is 2.03. The van der Waals surface area contributed by atoms with Gasteiger partial charge in [0, 0.05) is 10.6 Å². The van der Waals surface area contributed by atoms with Gasteiger partial charge in [-0.05, 0) is 36.3 Å². The number of β-lactam (4-membered cyclic amide) rings is 1. The summed E-state index contributed by atoms with van der Waals surface area (Å²) in [6.07, 6.45) is 3.79. The summed E-state index contributed by atoms with van der Waals surface area (Å²) in [6, 6.07) is 6.68. The van der Waals surface area contributed by atoms with Crippen molar-refractivity contribution in [2.24, 2.45) is 5.73 Å². The number of hydrogen-bond acceptors (Lipinski definition) is 8. The average Bonchev–Trinajstić information content (AvgIpc) is 3.19. The molecule has 0 spiro atoms. The molecular formula is C21H21N3O4S2. The van der Waals surface area contributed by atoms with Crippen molar-refractivity contribution < 1.29 is 19.1 Å². The Balaban J connectivity index is 1.57. The number of aromatic nitrogens is 1. The number of nitrogens with zero attached hydrogens (tertiary/aromatic N) is 2. The Labute approximate surface area is 182 Å². The number of methoxy groups -OCH3 is 1. The summed E-state index contributed by atoms with van der Waals surface area (Å²) in [7, 11) is 1.59. The van der Waals surface area contributed by atoms with Gasteiger partial charge >= 0.3 is 5.97 Å². The molecule has 30 heavy (non-hydrogen) atoms. The molecule has 0 bridgehead atoms. The van der Waals surface area contributed by atoms with Crippen molar-refractivity contribution >= 4 is 41.1 Å². The molecule has 1 fully saturated rings. The molecular weight excluding hydrogens is 422 g/mol. The SMILES string of the molecule is COc1ccc(COC(=O)C2=C(C=Cc3scnc3C)CS[C@H]3C(N)C(=O)N23)cc1. The quantitative estimate of drug-likeness (QED) is 0.542. The fourth-order valence-electron chi connectivity index (χ4n) is 3.24. The number of carbonyl (C=O) groups is 2. The Morgan fingerprint density at radius 1 is 1.33 bits per heavy atom. The molecule has 1 aromatic carbocycles. The Bertz CT molecular complexity index is 1030. The maximum absolute atomic E-state index is 13.0. The standard InChI is InChI=1S/C21H21N3O4S2/c1-12-16(30-11-23-12)8-5-14-10-29-20-17(22)19(25)24(20)18(14)21(26)28-9-13-3-6-15(27-2)7-4-13/h3-8,11,17,20H,9-10,22H2,1-2H3/t17?,20-/m0/s1. The molecule has 1 saturated heterocycles. The summed E-state index contributed by atoms with van der Waals surface area (Å²) < 4.78 is 10.7. The van der Waals surface area contributed by atoms with Crippen molar-refractivity contribution in [2.75, 3.05) is 12.9 Å². The van der Waals surface area contributed by atoms with E-state index >= 15 is 0 Å². The lowest BCUT2D eigenvalue weighted by molar-refractivity contribution is -0.151. The summed E-state index contributed by atoms with van der Waals surface area (Å²) in [5.74, 6) is 0.509. The van der Waals surface area contributed by atoms with Crippen molar-refractivity contribution in [3.05, 3.63) is 63.3 Å². The van der Waals surface area contributed by atoms with Crippen LogP contribution >= 0.6 is 23.1 Å². The van der Waals surface area contributed by atoms with Gasteiger partial charge in [0.25, 0.3) is 0 Å². The van der Waals surface area contributed by atoms with Gasteiger partial charge in [0.15, 0.2) is 0 Å². The molecule has 2 aliphatic heterocycles. The van der Waals surface area contributed by atoms with Crippen LogP contribution in [0.25, 0.3) is 6.08 Å². The second-order valence-electron chi connectivity index (χ2n) is 6.87. The van der Waals surface area contributed by atoms with Gasteiger partial charge in [0.05, 0.1) is 18.3 Å². The minimum Gasteiger partial charge on any atom is -0.497 e. The first-order valence-electron chi connectivity index (χ1n) is 9.31. The molecule has 2 N–H and O–H groups in total. The molecule has 2 aliphatic rings. The number of hydrogen-bond donors (Lipinski definition) is 1. The number of aryl methyl sites for hydroxylation is 1. The summed E-state index contributed by atoms with van der Waals surface area (Å²) in [5.41, 5.74) is 10.5. The smallest absolute Gasteiger partial charge is 0.355 e. The fraction of sp³-hybridized carbons (Fsp3) is 0.286. The van der Waals surface area contributed by atoms with E-state index in [-0.39, 0.29) is 23.6 Å². The van der Waals surface area contributed by atoms with E-state index in [1.165, 1.54) is 16.2 Å². The maximum Gasteiger partial charge on any atom is 0.355 e. The first-order chi connectivity index (χ1) is 14.5. The monoisotopic (exact) mass is 443 g/mol. The van der Waals surface area contributed by atoms with Gasteiger partial charge in [-0.1, -0.05) is 18.2 Å². The topological polar surface area (TPSA) is 94.7 Å². The van der Waals surface area contributed by atoms with E-state index in [0.717, 1.165) is 27.5 Å². The lowest BCUT2D eigenvalue weighted by Crippen LogP contribution is -2.68. The molecule has 1 amide bonds. The zero-order valence-corrected chi connectivity index (χ0v) is 18.2. The van der Waals surface area contributed by atoms with Crippen molar-refractivity contribution in [1.29, 1.82) is 0 Å². The molecule has 0 aliphatic carbocycles. The normalized spacial score (nSPS) is 20.9. The van der Waals surface area contributed by atoms with Crippen LogP contribution in [-0.2, 0) is 20.9 Å². The van der Waals surface area contributed by atoms with E-state index in [9.17, 15) is 9.59 Å². The molecule has 4 rings (SSSR count). The number of rotatable bonds is 6. The average molecular weight is 444 g/mol. The van der Waals surface area contributed by atoms with Crippen LogP contribution in [0.3, 0.4) is 0 Å². The highest BCUT2D eigenvalue weighted by Crippen LogP contribution is 2.40. The highest BCUT2D eigenvalue weighted by molar-refractivity contribution is 8.00. The van der Waals surface area contributed by atoms with Crippen LogP contribution in [0.2, 0.25) is 0 Å². The second kappa shape index (κ2) is 8.63.